The number of nitrogens with zero attached hydrogens (tertiary/aromatic N) is 3. The highest BCUT2D eigenvalue weighted by molar-refractivity contribution is 5.39. The van der Waals surface area contributed by atoms with Crippen LogP contribution in [0.15, 0.2) is 18.3 Å². The van der Waals surface area contributed by atoms with Crippen molar-refractivity contribution < 1.29 is 0 Å². The van der Waals surface area contributed by atoms with Crippen molar-refractivity contribution in [3.8, 4) is 0 Å². The zero-order valence-electron chi connectivity index (χ0n) is 13.1. The molecule has 0 aromatic carbocycles. The molecular formula is C16H28N4. The van der Waals surface area contributed by atoms with Gasteiger partial charge in [-0.15, -0.1) is 0 Å². The molecule has 4 heteroatoms. The van der Waals surface area contributed by atoms with E-state index in [0.29, 0.717) is 5.92 Å². The molecule has 1 N–H and O–H groups in total. The highest BCUT2D eigenvalue weighted by Crippen LogP contribution is 2.14. The second kappa shape index (κ2) is 7.60. The number of pyridine rings is 1. The summed E-state index contributed by atoms with van der Waals surface area (Å²) in [7, 11) is 0. The predicted octanol–water partition coefficient (Wildman–Crippen LogP) is 1.97. The van der Waals surface area contributed by atoms with Gasteiger partial charge in [0.1, 0.15) is 5.82 Å². The maximum absolute atomic E-state index is 4.62. The highest BCUT2D eigenvalue weighted by atomic mass is 15.3. The van der Waals surface area contributed by atoms with Gasteiger partial charge in [-0.2, -0.15) is 0 Å². The van der Waals surface area contributed by atoms with E-state index in [4.69, 9.17) is 0 Å². The van der Waals surface area contributed by atoms with Crippen molar-refractivity contribution in [3.05, 3.63) is 23.9 Å². The van der Waals surface area contributed by atoms with E-state index >= 15 is 0 Å². The first-order valence-corrected chi connectivity index (χ1v) is 7.82. The number of piperazine rings is 1. The first kappa shape index (κ1) is 15.3. The minimum absolute atomic E-state index is 0.692. The van der Waals surface area contributed by atoms with Crippen LogP contribution in [0, 0.1) is 5.92 Å². The molecule has 20 heavy (non-hydrogen) atoms. The van der Waals surface area contributed by atoms with Crippen molar-refractivity contribution in [2.45, 2.75) is 27.3 Å². The molecule has 1 aliphatic heterocycles. The quantitative estimate of drug-likeness (QED) is 0.861. The smallest absolute Gasteiger partial charge is 0.128 e. The number of likely N-dealkylation sites (N-methyl/N-ethyl adjacent to an activating group) is 1. The van der Waals surface area contributed by atoms with Gasteiger partial charge >= 0.3 is 0 Å². The minimum atomic E-state index is 0.692. The second-order valence-corrected chi connectivity index (χ2v) is 5.97. The molecule has 0 amide bonds. The molecule has 0 bridgehead atoms. The summed E-state index contributed by atoms with van der Waals surface area (Å²) in [5, 5.41) is 3.45. The minimum Gasteiger partial charge on any atom is -0.354 e. The van der Waals surface area contributed by atoms with Gasteiger partial charge in [0.25, 0.3) is 0 Å². The molecule has 0 unspecified atom stereocenters. The van der Waals surface area contributed by atoms with Crippen LogP contribution in [0.3, 0.4) is 0 Å². The van der Waals surface area contributed by atoms with E-state index in [9.17, 15) is 0 Å². The van der Waals surface area contributed by atoms with Gasteiger partial charge in [-0.05, 0) is 30.6 Å². The van der Waals surface area contributed by atoms with Crippen LogP contribution in [0.1, 0.15) is 26.3 Å². The monoisotopic (exact) mass is 276 g/mol. The van der Waals surface area contributed by atoms with Crippen molar-refractivity contribution >= 4 is 5.82 Å². The summed E-state index contributed by atoms with van der Waals surface area (Å²) in [5.74, 6) is 1.81. The molecule has 1 aromatic rings. The molecular weight excluding hydrogens is 248 g/mol. The third-order valence-corrected chi connectivity index (χ3v) is 3.83. The Labute approximate surface area is 123 Å². The van der Waals surface area contributed by atoms with Gasteiger partial charge in [0.15, 0.2) is 0 Å². The lowest BCUT2D eigenvalue weighted by molar-refractivity contribution is 0.270. The van der Waals surface area contributed by atoms with Gasteiger partial charge in [0.05, 0.1) is 0 Å². The number of anilines is 1. The number of rotatable bonds is 6. The Kier molecular flexibility index (Phi) is 5.80. The van der Waals surface area contributed by atoms with E-state index in [1.807, 2.05) is 6.20 Å². The highest BCUT2D eigenvalue weighted by Gasteiger charge is 2.16. The fourth-order valence-electron chi connectivity index (χ4n) is 2.51. The lowest BCUT2D eigenvalue weighted by atomic mass is 10.2. The van der Waals surface area contributed by atoms with Gasteiger partial charge in [-0.1, -0.05) is 26.8 Å². The molecule has 1 saturated heterocycles. The first-order valence-electron chi connectivity index (χ1n) is 7.82. The molecule has 0 spiro atoms. The molecule has 1 fully saturated rings. The zero-order chi connectivity index (χ0) is 14.4. The Hall–Kier alpha value is -1.13. The summed E-state index contributed by atoms with van der Waals surface area (Å²) in [6.07, 6.45) is 2.01. The summed E-state index contributed by atoms with van der Waals surface area (Å²) >= 11 is 0. The average Bonchev–Trinajstić information content (AvgIpc) is 2.48. The number of nitrogens with one attached hydrogen (secondary N) is 1. The van der Waals surface area contributed by atoms with Crippen LogP contribution in [0.2, 0.25) is 0 Å². The van der Waals surface area contributed by atoms with Crippen LogP contribution >= 0.6 is 0 Å². The summed E-state index contributed by atoms with van der Waals surface area (Å²) in [6.45, 7) is 14.3. The Bertz CT molecular complexity index is 380. The fourth-order valence-corrected chi connectivity index (χ4v) is 2.51. The molecule has 2 rings (SSSR count). The number of aromatic nitrogens is 1. The van der Waals surface area contributed by atoms with Crippen LogP contribution < -0.4 is 10.2 Å². The number of hydrogen-bond acceptors (Lipinski definition) is 4. The molecule has 4 nitrogen and oxygen atoms in total. The third-order valence-electron chi connectivity index (χ3n) is 3.83. The number of hydrogen-bond donors (Lipinski definition) is 1. The molecule has 0 radical (unpaired) electrons. The van der Waals surface area contributed by atoms with Gasteiger partial charge in [-0.25, -0.2) is 4.98 Å². The summed E-state index contributed by atoms with van der Waals surface area (Å²) < 4.78 is 0. The topological polar surface area (TPSA) is 31.4 Å². The standard InChI is InChI=1S/C16H28N4/c1-4-19-7-9-20(10-8-19)16-6-5-15(13-18-16)12-17-11-14(2)3/h5-6,13-14,17H,4,7-12H2,1-3H3. The zero-order valence-corrected chi connectivity index (χ0v) is 13.1. The lowest BCUT2D eigenvalue weighted by Crippen LogP contribution is -2.46. The van der Waals surface area contributed by atoms with Crippen LogP contribution in [0.4, 0.5) is 5.82 Å². The summed E-state index contributed by atoms with van der Waals surface area (Å²) in [4.78, 5) is 9.49. The van der Waals surface area contributed by atoms with E-state index in [0.717, 1.165) is 51.6 Å². The van der Waals surface area contributed by atoms with Crippen LogP contribution in [0.5, 0.6) is 0 Å². The largest absolute Gasteiger partial charge is 0.354 e. The van der Waals surface area contributed by atoms with Crippen molar-refractivity contribution in [3.63, 3.8) is 0 Å². The van der Waals surface area contributed by atoms with Gasteiger partial charge < -0.3 is 15.1 Å². The fraction of sp³-hybridized carbons (Fsp3) is 0.688. The van der Waals surface area contributed by atoms with Crippen molar-refractivity contribution in [2.75, 3.05) is 44.2 Å². The normalized spacial score (nSPS) is 16.9. The Morgan fingerprint density at radius 3 is 2.50 bits per heavy atom. The summed E-state index contributed by atoms with van der Waals surface area (Å²) in [5.41, 5.74) is 1.27. The van der Waals surface area contributed by atoms with Gasteiger partial charge in [-0.3, -0.25) is 0 Å². The Balaban J connectivity index is 1.82. The SMILES string of the molecule is CCN1CCN(c2ccc(CNCC(C)C)cn2)CC1. The van der Waals surface area contributed by atoms with E-state index < -0.39 is 0 Å². The first-order chi connectivity index (χ1) is 9.69. The molecule has 2 heterocycles. The Morgan fingerprint density at radius 1 is 1.20 bits per heavy atom. The maximum atomic E-state index is 4.62. The molecule has 1 aromatic heterocycles. The maximum Gasteiger partial charge on any atom is 0.128 e. The van der Waals surface area contributed by atoms with Gasteiger partial charge in [0, 0.05) is 38.9 Å². The summed E-state index contributed by atoms with van der Waals surface area (Å²) in [6, 6.07) is 4.36. The van der Waals surface area contributed by atoms with Crippen molar-refractivity contribution in [1.82, 2.24) is 15.2 Å². The molecule has 0 atom stereocenters. The van der Waals surface area contributed by atoms with Crippen LogP contribution in [-0.4, -0.2) is 49.2 Å². The molecule has 112 valence electrons. The second-order valence-electron chi connectivity index (χ2n) is 5.97. The average molecular weight is 276 g/mol. The van der Waals surface area contributed by atoms with E-state index in [1.165, 1.54) is 5.56 Å². The van der Waals surface area contributed by atoms with E-state index in [2.05, 4.69) is 53.0 Å². The lowest BCUT2D eigenvalue weighted by Gasteiger charge is -2.34. The van der Waals surface area contributed by atoms with E-state index in [-0.39, 0.29) is 0 Å². The molecule has 0 saturated carbocycles. The van der Waals surface area contributed by atoms with Crippen LogP contribution in [0.25, 0.3) is 0 Å². The van der Waals surface area contributed by atoms with E-state index in [1.54, 1.807) is 0 Å². The van der Waals surface area contributed by atoms with Gasteiger partial charge in [0.2, 0.25) is 0 Å². The van der Waals surface area contributed by atoms with Crippen molar-refractivity contribution in [1.29, 1.82) is 0 Å². The third kappa shape index (κ3) is 4.46. The molecule has 0 aliphatic carbocycles. The Morgan fingerprint density at radius 2 is 1.95 bits per heavy atom. The predicted molar refractivity (Wildman–Crippen MR) is 85.1 cm³/mol. The van der Waals surface area contributed by atoms with Crippen LogP contribution in [-0.2, 0) is 6.54 Å². The molecule has 1 aliphatic rings. The van der Waals surface area contributed by atoms with Crippen molar-refractivity contribution in [2.24, 2.45) is 5.92 Å².